The standard InChI is InChI=1S/C14H12BrN3O3S/c15-10-2-1-3-11(7-10)17-14(22)16-8-9-6-12(18(20)21)4-5-13(9)19/h1-7,19H,8H2,(H2,16,17,22). The van der Waals surface area contributed by atoms with E-state index in [0.29, 0.717) is 10.7 Å². The van der Waals surface area contributed by atoms with Gasteiger partial charge in [0.25, 0.3) is 5.69 Å². The number of rotatable bonds is 4. The van der Waals surface area contributed by atoms with E-state index in [1.54, 1.807) is 0 Å². The minimum Gasteiger partial charge on any atom is -0.508 e. The number of nitro groups is 1. The van der Waals surface area contributed by atoms with Crippen LogP contribution in [0.5, 0.6) is 5.75 Å². The molecule has 2 aromatic carbocycles. The van der Waals surface area contributed by atoms with Gasteiger partial charge in [-0.1, -0.05) is 22.0 Å². The van der Waals surface area contributed by atoms with Crippen LogP contribution in [0.3, 0.4) is 0 Å². The van der Waals surface area contributed by atoms with Crippen LogP contribution in [0.25, 0.3) is 0 Å². The van der Waals surface area contributed by atoms with E-state index in [1.807, 2.05) is 24.3 Å². The van der Waals surface area contributed by atoms with Gasteiger partial charge in [0.15, 0.2) is 5.11 Å². The van der Waals surface area contributed by atoms with Gasteiger partial charge in [0.1, 0.15) is 5.75 Å². The van der Waals surface area contributed by atoms with Crippen molar-refractivity contribution in [3.8, 4) is 5.75 Å². The SMILES string of the molecule is O=[N+]([O-])c1ccc(O)c(CNC(=S)Nc2cccc(Br)c2)c1. The lowest BCUT2D eigenvalue weighted by Gasteiger charge is -2.11. The molecule has 0 aliphatic heterocycles. The van der Waals surface area contributed by atoms with Crippen molar-refractivity contribution in [2.45, 2.75) is 6.54 Å². The summed E-state index contributed by atoms with van der Waals surface area (Å²) >= 11 is 8.51. The van der Waals surface area contributed by atoms with E-state index in [4.69, 9.17) is 12.2 Å². The third kappa shape index (κ3) is 4.40. The summed E-state index contributed by atoms with van der Waals surface area (Å²) in [5, 5.41) is 26.7. The Morgan fingerprint density at radius 2 is 2.09 bits per heavy atom. The molecule has 0 atom stereocenters. The number of thiocarbonyl (C=S) groups is 1. The van der Waals surface area contributed by atoms with Gasteiger partial charge < -0.3 is 15.7 Å². The van der Waals surface area contributed by atoms with Crippen LogP contribution >= 0.6 is 28.1 Å². The molecule has 0 saturated carbocycles. The number of aromatic hydroxyl groups is 1. The topological polar surface area (TPSA) is 87.4 Å². The number of nitrogens with one attached hydrogen (secondary N) is 2. The summed E-state index contributed by atoms with van der Waals surface area (Å²) in [5.74, 6) is -0.0247. The van der Waals surface area contributed by atoms with Crippen molar-refractivity contribution < 1.29 is 10.0 Å². The van der Waals surface area contributed by atoms with E-state index >= 15 is 0 Å². The molecule has 2 rings (SSSR count). The summed E-state index contributed by atoms with van der Waals surface area (Å²) in [6.07, 6.45) is 0. The summed E-state index contributed by atoms with van der Waals surface area (Å²) in [6, 6.07) is 11.3. The van der Waals surface area contributed by atoms with Gasteiger partial charge in [-0.15, -0.1) is 0 Å². The summed E-state index contributed by atoms with van der Waals surface area (Å²) in [5.41, 5.74) is 1.11. The predicted molar refractivity (Wildman–Crippen MR) is 92.0 cm³/mol. The molecule has 0 saturated heterocycles. The zero-order valence-corrected chi connectivity index (χ0v) is 13.6. The fourth-order valence-electron chi connectivity index (χ4n) is 1.74. The van der Waals surface area contributed by atoms with Gasteiger partial charge in [-0.3, -0.25) is 10.1 Å². The van der Waals surface area contributed by atoms with Crippen molar-refractivity contribution in [3.63, 3.8) is 0 Å². The first-order valence-electron chi connectivity index (χ1n) is 6.22. The van der Waals surface area contributed by atoms with Gasteiger partial charge in [0, 0.05) is 34.4 Å². The molecular formula is C14H12BrN3O3S. The maximum atomic E-state index is 10.7. The molecular weight excluding hydrogens is 370 g/mol. The van der Waals surface area contributed by atoms with E-state index in [9.17, 15) is 15.2 Å². The molecule has 3 N–H and O–H groups in total. The first kappa shape index (κ1) is 16.2. The van der Waals surface area contributed by atoms with Gasteiger partial charge in [-0.05, 0) is 36.5 Å². The van der Waals surface area contributed by atoms with Gasteiger partial charge in [-0.25, -0.2) is 0 Å². The number of anilines is 1. The Morgan fingerprint density at radius 1 is 1.32 bits per heavy atom. The average molecular weight is 382 g/mol. The Labute approximate surface area is 140 Å². The van der Waals surface area contributed by atoms with Crippen molar-refractivity contribution >= 4 is 44.6 Å². The van der Waals surface area contributed by atoms with Crippen LogP contribution in [0, 0.1) is 10.1 Å². The smallest absolute Gasteiger partial charge is 0.270 e. The van der Waals surface area contributed by atoms with Gasteiger partial charge in [0.05, 0.1) is 4.92 Å². The second-order valence-electron chi connectivity index (χ2n) is 4.39. The van der Waals surface area contributed by atoms with Crippen LogP contribution in [-0.4, -0.2) is 15.1 Å². The van der Waals surface area contributed by atoms with Crippen molar-refractivity contribution in [2.24, 2.45) is 0 Å². The summed E-state index contributed by atoms with van der Waals surface area (Å²) in [7, 11) is 0. The molecule has 114 valence electrons. The van der Waals surface area contributed by atoms with Crippen molar-refractivity contribution in [2.75, 3.05) is 5.32 Å². The molecule has 0 aliphatic carbocycles. The number of nitro benzene ring substituents is 1. The van der Waals surface area contributed by atoms with Crippen LogP contribution in [0.1, 0.15) is 5.56 Å². The minimum atomic E-state index is -0.513. The van der Waals surface area contributed by atoms with E-state index in [2.05, 4.69) is 26.6 Å². The average Bonchev–Trinajstić information content (AvgIpc) is 2.46. The number of nitrogens with zero attached hydrogens (tertiary/aromatic N) is 1. The molecule has 0 spiro atoms. The monoisotopic (exact) mass is 381 g/mol. The molecule has 22 heavy (non-hydrogen) atoms. The fourth-order valence-corrected chi connectivity index (χ4v) is 2.33. The predicted octanol–water partition coefficient (Wildman–Crippen LogP) is 3.55. The highest BCUT2D eigenvalue weighted by atomic mass is 79.9. The molecule has 0 aromatic heterocycles. The highest BCUT2D eigenvalue weighted by Crippen LogP contribution is 2.22. The normalized spacial score (nSPS) is 10.0. The first-order valence-corrected chi connectivity index (χ1v) is 7.42. The van der Waals surface area contributed by atoms with E-state index < -0.39 is 4.92 Å². The largest absolute Gasteiger partial charge is 0.508 e. The Morgan fingerprint density at radius 3 is 2.77 bits per heavy atom. The van der Waals surface area contributed by atoms with Crippen LogP contribution in [0.15, 0.2) is 46.9 Å². The number of halogens is 1. The molecule has 0 heterocycles. The number of non-ortho nitro benzene ring substituents is 1. The van der Waals surface area contributed by atoms with Crippen molar-refractivity contribution in [3.05, 3.63) is 62.6 Å². The number of hydrogen-bond acceptors (Lipinski definition) is 4. The molecule has 0 aliphatic rings. The summed E-state index contributed by atoms with van der Waals surface area (Å²) in [6.45, 7) is 0.174. The zero-order valence-electron chi connectivity index (χ0n) is 11.2. The second-order valence-corrected chi connectivity index (χ2v) is 5.71. The highest BCUT2D eigenvalue weighted by molar-refractivity contribution is 9.10. The van der Waals surface area contributed by atoms with Gasteiger partial charge in [0.2, 0.25) is 0 Å². The third-order valence-electron chi connectivity index (χ3n) is 2.80. The lowest BCUT2D eigenvalue weighted by Crippen LogP contribution is -2.27. The molecule has 8 heteroatoms. The molecule has 0 amide bonds. The van der Waals surface area contributed by atoms with E-state index in [1.165, 1.54) is 18.2 Å². The van der Waals surface area contributed by atoms with E-state index in [-0.39, 0.29) is 18.0 Å². The lowest BCUT2D eigenvalue weighted by atomic mass is 10.2. The van der Waals surface area contributed by atoms with Gasteiger partial charge in [-0.2, -0.15) is 0 Å². The number of hydrogen-bond donors (Lipinski definition) is 3. The Hall–Kier alpha value is -2.19. The van der Waals surface area contributed by atoms with Crippen molar-refractivity contribution in [1.29, 1.82) is 0 Å². The Kier molecular flexibility index (Phi) is 5.29. The fraction of sp³-hybridized carbons (Fsp3) is 0.0714. The molecule has 0 fully saturated rings. The van der Waals surface area contributed by atoms with Crippen molar-refractivity contribution in [1.82, 2.24) is 5.32 Å². The maximum Gasteiger partial charge on any atom is 0.270 e. The number of benzene rings is 2. The second kappa shape index (κ2) is 7.19. The highest BCUT2D eigenvalue weighted by Gasteiger charge is 2.10. The Balaban J connectivity index is 1.99. The summed E-state index contributed by atoms with van der Waals surface area (Å²) < 4.78 is 0.914. The van der Waals surface area contributed by atoms with Crippen LogP contribution in [0.2, 0.25) is 0 Å². The zero-order chi connectivity index (χ0) is 16.1. The lowest BCUT2D eigenvalue weighted by molar-refractivity contribution is -0.384. The van der Waals surface area contributed by atoms with E-state index in [0.717, 1.165) is 10.2 Å². The minimum absolute atomic E-state index is 0.0247. The first-order chi connectivity index (χ1) is 10.5. The summed E-state index contributed by atoms with van der Waals surface area (Å²) in [4.78, 5) is 10.2. The molecule has 6 nitrogen and oxygen atoms in total. The molecule has 0 bridgehead atoms. The molecule has 0 radical (unpaired) electrons. The molecule has 0 unspecified atom stereocenters. The van der Waals surface area contributed by atoms with Crippen LogP contribution < -0.4 is 10.6 Å². The van der Waals surface area contributed by atoms with Gasteiger partial charge >= 0.3 is 0 Å². The Bertz CT molecular complexity index is 724. The number of phenolic OH excluding ortho intramolecular Hbond substituents is 1. The maximum absolute atomic E-state index is 10.7. The number of phenols is 1. The quantitative estimate of drug-likeness (QED) is 0.426. The van der Waals surface area contributed by atoms with Crippen LogP contribution in [0.4, 0.5) is 11.4 Å². The van der Waals surface area contributed by atoms with Crippen LogP contribution in [-0.2, 0) is 6.54 Å². The molecule has 2 aromatic rings. The third-order valence-corrected chi connectivity index (χ3v) is 3.54.